The quantitative estimate of drug-likeness (QED) is 0.122. The van der Waals surface area contributed by atoms with Crippen molar-refractivity contribution in [2.45, 2.75) is 27.7 Å². The third kappa shape index (κ3) is 8.70. The molecule has 8 aromatic rings. The minimum absolute atomic E-state index is 0.686. The van der Waals surface area contributed by atoms with Crippen molar-refractivity contribution < 1.29 is 0 Å². The third-order valence-electron chi connectivity index (χ3n) is 10.9. The molecular weight excluding hydrogens is 725 g/mol. The molecule has 1 aromatic heterocycles. The summed E-state index contributed by atoms with van der Waals surface area (Å²) in [5.41, 5.74) is 18.8. The Hall–Kier alpha value is -7.42. The molecule has 0 aliphatic rings. The number of rotatable bonds is 11. The standard InChI is InChI=1S/C58H48N2/c1-5-20-42(7-3)46-27-17-30-49(37-46)51-32-19-33-52(39-51)54-34-14-15-35-55(54)57-40-56(59-58(60-57)44-24-12-9-13-25-44)53(21-6-2)41(4)45-26-16-29-48(36-45)50-31-18-28-47(38-50)43-22-10-8-11-23-43/h5-40H,1-4H3/b20-5-,21-6-,42-7+,53-41-. The Kier molecular flexibility index (Phi) is 12.1. The van der Waals surface area contributed by atoms with E-state index >= 15 is 0 Å². The summed E-state index contributed by atoms with van der Waals surface area (Å²) in [5.74, 6) is 0.686. The van der Waals surface area contributed by atoms with E-state index in [2.05, 4.69) is 228 Å². The third-order valence-corrected chi connectivity index (χ3v) is 10.9. The maximum absolute atomic E-state index is 5.29. The van der Waals surface area contributed by atoms with Gasteiger partial charge in [0.25, 0.3) is 0 Å². The first kappa shape index (κ1) is 39.4. The molecule has 2 heteroatoms. The van der Waals surface area contributed by atoms with E-state index in [9.17, 15) is 0 Å². The van der Waals surface area contributed by atoms with E-state index in [1.807, 2.05) is 18.2 Å². The van der Waals surface area contributed by atoms with E-state index < -0.39 is 0 Å². The van der Waals surface area contributed by atoms with E-state index in [1.165, 1.54) is 39.0 Å². The fourth-order valence-corrected chi connectivity index (χ4v) is 7.85. The summed E-state index contributed by atoms with van der Waals surface area (Å²) in [5, 5.41) is 0. The van der Waals surface area contributed by atoms with E-state index in [4.69, 9.17) is 9.97 Å². The molecule has 0 amide bonds. The molecule has 0 saturated heterocycles. The second-order valence-corrected chi connectivity index (χ2v) is 14.8. The SMILES string of the molecule is C/C=C\C(=C(/C)c1cccc(-c2cccc(-c3ccccc3)c2)c1)c1cc(-c2ccccc2-c2cccc(-c3cccc(C(/C=C\C)=C/C)c3)c2)nc(-c2ccccc2)n1. The van der Waals surface area contributed by atoms with Crippen LogP contribution >= 0.6 is 0 Å². The zero-order chi connectivity index (χ0) is 41.3. The first-order chi connectivity index (χ1) is 29.5. The highest BCUT2D eigenvalue weighted by molar-refractivity contribution is 5.96. The van der Waals surface area contributed by atoms with E-state index in [1.54, 1.807) is 0 Å². The zero-order valence-corrected chi connectivity index (χ0v) is 34.7. The summed E-state index contributed by atoms with van der Waals surface area (Å²) in [7, 11) is 0. The lowest BCUT2D eigenvalue weighted by Crippen LogP contribution is -2.00. The number of nitrogens with zero attached hydrogens (tertiary/aromatic N) is 2. The maximum atomic E-state index is 5.29. The van der Waals surface area contributed by atoms with Crippen LogP contribution in [0.25, 0.3) is 83.9 Å². The number of hydrogen-bond acceptors (Lipinski definition) is 2. The second-order valence-electron chi connectivity index (χ2n) is 14.8. The average molecular weight is 773 g/mol. The highest BCUT2D eigenvalue weighted by atomic mass is 14.9. The predicted octanol–water partition coefficient (Wildman–Crippen LogP) is 16.0. The normalized spacial score (nSPS) is 12.2. The van der Waals surface area contributed by atoms with Gasteiger partial charge in [-0.15, -0.1) is 0 Å². The molecule has 0 fully saturated rings. The molecule has 0 radical (unpaired) electrons. The summed E-state index contributed by atoms with van der Waals surface area (Å²) in [6.45, 7) is 8.41. The van der Waals surface area contributed by atoms with Gasteiger partial charge in [0.05, 0.1) is 11.4 Å². The van der Waals surface area contributed by atoms with Crippen molar-refractivity contribution in [2.24, 2.45) is 0 Å². The topological polar surface area (TPSA) is 25.8 Å². The molecule has 0 unspecified atom stereocenters. The van der Waals surface area contributed by atoms with Gasteiger partial charge in [-0.2, -0.15) is 0 Å². The van der Waals surface area contributed by atoms with Crippen LogP contribution in [0.4, 0.5) is 0 Å². The average Bonchev–Trinajstić information content (AvgIpc) is 3.33. The van der Waals surface area contributed by atoms with Gasteiger partial charge >= 0.3 is 0 Å². The van der Waals surface area contributed by atoms with Crippen molar-refractivity contribution in [1.29, 1.82) is 0 Å². The van der Waals surface area contributed by atoms with Crippen LogP contribution in [0.2, 0.25) is 0 Å². The molecule has 0 spiro atoms. The first-order valence-corrected chi connectivity index (χ1v) is 20.7. The smallest absolute Gasteiger partial charge is 0.160 e. The highest BCUT2D eigenvalue weighted by Crippen LogP contribution is 2.38. The lowest BCUT2D eigenvalue weighted by atomic mass is 9.92. The molecule has 0 bridgehead atoms. The van der Waals surface area contributed by atoms with E-state index in [0.717, 1.165) is 55.9 Å². The Morgan fingerprint density at radius 2 is 0.883 bits per heavy atom. The molecule has 290 valence electrons. The molecule has 0 aliphatic carbocycles. The molecule has 0 aliphatic heterocycles. The van der Waals surface area contributed by atoms with E-state index in [0.29, 0.717) is 5.82 Å². The number of allylic oxidation sites excluding steroid dienone is 8. The Bertz CT molecular complexity index is 2890. The van der Waals surface area contributed by atoms with Gasteiger partial charge in [0.2, 0.25) is 0 Å². The summed E-state index contributed by atoms with van der Waals surface area (Å²) in [4.78, 5) is 10.6. The molecule has 2 nitrogen and oxygen atoms in total. The van der Waals surface area contributed by atoms with Gasteiger partial charge < -0.3 is 0 Å². The van der Waals surface area contributed by atoms with Crippen LogP contribution in [0.15, 0.2) is 218 Å². The fourth-order valence-electron chi connectivity index (χ4n) is 7.85. The lowest BCUT2D eigenvalue weighted by Gasteiger charge is -2.16. The summed E-state index contributed by atoms with van der Waals surface area (Å²) < 4.78 is 0. The van der Waals surface area contributed by atoms with Gasteiger partial charge in [-0.25, -0.2) is 9.97 Å². The molecule has 7 aromatic carbocycles. The highest BCUT2D eigenvalue weighted by Gasteiger charge is 2.17. The van der Waals surface area contributed by atoms with Gasteiger partial charge in [0.15, 0.2) is 5.82 Å². The lowest BCUT2D eigenvalue weighted by molar-refractivity contribution is 1.16. The number of benzene rings is 7. The first-order valence-electron chi connectivity index (χ1n) is 20.7. The molecule has 1 heterocycles. The van der Waals surface area contributed by atoms with Crippen molar-refractivity contribution in [2.75, 3.05) is 0 Å². The van der Waals surface area contributed by atoms with Gasteiger partial charge in [0, 0.05) is 16.7 Å². The second kappa shape index (κ2) is 18.4. The molecule has 0 N–H and O–H groups in total. The van der Waals surface area contributed by atoms with Crippen LogP contribution in [0.1, 0.15) is 44.5 Å². The van der Waals surface area contributed by atoms with Crippen molar-refractivity contribution in [3.05, 3.63) is 235 Å². The Balaban J connectivity index is 1.23. The van der Waals surface area contributed by atoms with Gasteiger partial charge in [-0.05, 0) is 125 Å². The van der Waals surface area contributed by atoms with Gasteiger partial charge in [0.1, 0.15) is 0 Å². The predicted molar refractivity (Wildman–Crippen MR) is 257 cm³/mol. The zero-order valence-electron chi connectivity index (χ0n) is 34.7. The van der Waals surface area contributed by atoms with Crippen molar-refractivity contribution in [1.82, 2.24) is 9.97 Å². The summed E-state index contributed by atoms with van der Waals surface area (Å²) in [6, 6.07) is 66.8. The van der Waals surface area contributed by atoms with Crippen LogP contribution < -0.4 is 0 Å². The Morgan fingerprint density at radius 1 is 0.400 bits per heavy atom. The maximum Gasteiger partial charge on any atom is 0.160 e. The van der Waals surface area contributed by atoms with Crippen LogP contribution in [0.5, 0.6) is 0 Å². The van der Waals surface area contributed by atoms with Crippen molar-refractivity contribution in [3.63, 3.8) is 0 Å². The largest absolute Gasteiger partial charge is 0.228 e. The molecule has 0 atom stereocenters. The molecule has 8 rings (SSSR count). The minimum Gasteiger partial charge on any atom is -0.228 e. The van der Waals surface area contributed by atoms with Crippen molar-refractivity contribution >= 4 is 16.7 Å². The molecular formula is C58H48N2. The van der Waals surface area contributed by atoms with Crippen LogP contribution in [0.3, 0.4) is 0 Å². The summed E-state index contributed by atoms with van der Waals surface area (Å²) in [6.07, 6.45) is 10.7. The minimum atomic E-state index is 0.686. The summed E-state index contributed by atoms with van der Waals surface area (Å²) >= 11 is 0. The Labute approximate surface area is 355 Å². The monoisotopic (exact) mass is 772 g/mol. The fraction of sp³-hybridized carbons (Fsp3) is 0.0690. The molecule has 60 heavy (non-hydrogen) atoms. The van der Waals surface area contributed by atoms with E-state index in [-0.39, 0.29) is 0 Å². The van der Waals surface area contributed by atoms with Crippen LogP contribution in [0, 0.1) is 0 Å². The van der Waals surface area contributed by atoms with Crippen LogP contribution in [-0.4, -0.2) is 9.97 Å². The Morgan fingerprint density at radius 3 is 1.52 bits per heavy atom. The van der Waals surface area contributed by atoms with Crippen LogP contribution in [-0.2, 0) is 0 Å². The molecule has 0 saturated carbocycles. The van der Waals surface area contributed by atoms with Gasteiger partial charge in [-0.3, -0.25) is 0 Å². The number of aromatic nitrogens is 2. The number of hydrogen-bond donors (Lipinski definition) is 0. The van der Waals surface area contributed by atoms with Gasteiger partial charge in [-0.1, -0.05) is 188 Å². The van der Waals surface area contributed by atoms with Crippen molar-refractivity contribution in [3.8, 4) is 67.2 Å².